The van der Waals surface area contributed by atoms with Crippen LogP contribution in [0.1, 0.15) is 5.69 Å². The maximum atomic E-state index is 12.0. The first-order chi connectivity index (χ1) is 6.63. The first-order valence-corrected chi connectivity index (χ1v) is 4.53. The van der Waals surface area contributed by atoms with Crippen LogP contribution in [0.3, 0.4) is 0 Å². The molecule has 0 aliphatic heterocycles. The summed E-state index contributed by atoms with van der Waals surface area (Å²) in [7, 11) is 1.54. The number of nitrogens with zero attached hydrogens (tertiary/aromatic N) is 3. The minimum Gasteiger partial charge on any atom is -0.353 e. The molecule has 1 heterocycles. The van der Waals surface area contributed by atoms with Crippen molar-refractivity contribution >= 4 is 17.4 Å². The average Bonchev–Trinajstić information content (AvgIpc) is 2.17. The molecule has 1 aromatic heterocycles. The average molecular weight is 222 g/mol. The predicted octanol–water partition coefficient (Wildman–Crippen LogP) is 1.92. The lowest BCUT2D eigenvalue weighted by Gasteiger charge is -2.17. The second-order valence-corrected chi connectivity index (χ2v) is 3.04. The molecule has 0 N–H and O–H groups in total. The molecule has 3 nitrogen and oxygen atoms in total. The van der Waals surface area contributed by atoms with E-state index in [0.717, 1.165) is 0 Å². The third-order valence-electron chi connectivity index (χ3n) is 1.61. The molecule has 0 saturated carbocycles. The predicted molar refractivity (Wildman–Crippen MR) is 50.9 cm³/mol. The summed E-state index contributed by atoms with van der Waals surface area (Å²) in [5.41, 5.74) is 0.574. The molecule has 0 aromatic carbocycles. The monoisotopic (exact) mass is 221 g/mol. The second kappa shape index (κ2) is 5.05. The molecule has 0 fully saturated rings. The topological polar surface area (TPSA) is 29.0 Å². The van der Waals surface area contributed by atoms with Crippen molar-refractivity contribution in [3.05, 3.63) is 18.1 Å². The van der Waals surface area contributed by atoms with Crippen molar-refractivity contribution in [2.24, 2.45) is 0 Å². The van der Waals surface area contributed by atoms with Crippen molar-refractivity contribution in [3.8, 4) is 0 Å². The number of aromatic nitrogens is 2. The smallest absolute Gasteiger partial charge is 0.255 e. The van der Waals surface area contributed by atoms with Crippen LogP contribution >= 0.6 is 11.6 Å². The lowest BCUT2D eigenvalue weighted by molar-refractivity contribution is 0.156. The third-order valence-corrected chi connectivity index (χ3v) is 1.89. The van der Waals surface area contributed by atoms with Crippen molar-refractivity contribution in [2.45, 2.75) is 12.3 Å². The zero-order valence-corrected chi connectivity index (χ0v) is 8.38. The van der Waals surface area contributed by atoms with Gasteiger partial charge in [0.1, 0.15) is 5.82 Å². The van der Waals surface area contributed by atoms with Crippen LogP contribution in [-0.4, -0.2) is 30.0 Å². The van der Waals surface area contributed by atoms with E-state index in [4.69, 9.17) is 11.6 Å². The van der Waals surface area contributed by atoms with Gasteiger partial charge in [-0.3, -0.25) is 4.98 Å². The molecule has 0 radical (unpaired) electrons. The fourth-order valence-corrected chi connectivity index (χ4v) is 1.07. The fourth-order valence-electron chi connectivity index (χ4n) is 0.944. The van der Waals surface area contributed by atoms with Gasteiger partial charge in [-0.25, -0.2) is 13.8 Å². The van der Waals surface area contributed by atoms with Crippen LogP contribution in [0.25, 0.3) is 0 Å². The number of hydrogen-bond donors (Lipinski definition) is 0. The molecule has 0 bridgehead atoms. The lowest BCUT2D eigenvalue weighted by atomic mass is 10.4. The normalized spacial score (nSPS) is 10.6. The Labute approximate surface area is 85.7 Å². The molecule has 1 rings (SSSR count). The van der Waals surface area contributed by atoms with Gasteiger partial charge in [-0.05, 0) is 0 Å². The summed E-state index contributed by atoms with van der Waals surface area (Å²) in [5.74, 6) is 0.632. The van der Waals surface area contributed by atoms with Crippen LogP contribution in [0.4, 0.5) is 14.6 Å². The summed E-state index contributed by atoms with van der Waals surface area (Å²) in [4.78, 5) is 9.23. The van der Waals surface area contributed by atoms with Crippen LogP contribution in [0, 0.1) is 0 Å². The van der Waals surface area contributed by atoms with Gasteiger partial charge < -0.3 is 4.90 Å². The summed E-state index contributed by atoms with van der Waals surface area (Å²) >= 11 is 5.54. The van der Waals surface area contributed by atoms with Gasteiger partial charge in [0.05, 0.1) is 24.3 Å². The van der Waals surface area contributed by atoms with E-state index in [1.54, 1.807) is 0 Å². The maximum Gasteiger partial charge on any atom is 0.255 e. The van der Waals surface area contributed by atoms with Gasteiger partial charge in [0.15, 0.2) is 0 Å². The second-order valence-electron chi connectivity index (χ2n) is 2.77. The first-order valence-electron chi connectivity index (χ1n) is 3.99. The number of anilines is 1. The van der Waals surface area contributed by atoms with E-state index in [1.165, 1.54) is 24.3 Å². The number of alkyl halides is 3. The Morgan fingerprint density at radius 1 is 1.50 bits per heavy atom. The minimum absolute atomic E-state index is 0.226. The maximum absolute atomic E-state index is 12.0. The lowest BCUT2D eigenvalue weighted by Crippen LogP contribution is -2.25. The highest BCUT2D eigenvalue weighted by atomic mass is 35.5. The molecule has 0 aliphatic carbocycles. The van der Waals surface area contributed by atoms with E-state index in [1.807, 2.05) is 0 Å². The third kappa shape index (κ3) is 3.06. The molecule has 0 unspecified atom stereocenters. The molecular formula is C8H10ClF2N3. The van der Waals surface area contributed by atoms with Gasteiger partial charge >= 0.3 is 0 Å². The minimum atomic E-state index is -2.39. The van der Waals surface area contributed by atoms with E-state index < -0.39 is 6.43 Å². The molecule has 1 aromatic rings. The summed E-state index contributed by atoms with van der Waals surface area (Å²) in [6.45, 7) is -0.361. The van der Waals surface area contributed by atoms with Gasteiger partial charge in [-0.1, -0.05) is 0 Å². The fraction of sp³-hybridized carbons (Fsp3) is 0.500. The largest absolute Gasteiger partial charge is 0.353 e. The highest BCUT2D eigenvalue weighted by Crippen LogP contribution is 2.10. The molecular weight excluding hydrogens is 212 g/mol. The van der Waals surface area contributed by atoms with Gasteiger partial charge in [-0.15, -0.1) is 11.6 Å². The highest BCUT2D eigenvalue weighted by molar-refractivity contribution is 6.16. The van der Waals surface area contributed by atoms with Crippen LogP contribution in [0.5, 0.6) is 0 Å². The van der Waals surface area contributed by atoms with Crippen molar-refractivity contribution in [2.75, 3.05) is 18.5 Å². The molecule has 0 aliphatic rings. The summed E-state index contributed by atoms with van der Waals surface area (Å²) in [5, 5.41) is 0. The zero-order chi connectivity index (χ0) is 10.6. The molecule has 0 atom stereocenters. The number of hydrogen-bond acceptors (Lipinski definition) is 3. The Bertz CT molecular complexity index is 296. The Hall–Kier alpha value is -0.970. The van der Waals surface area contributed by atoms with Crippen molar-refractivity contribution < 1.29 is 8.78 Å². The van der Waals surface area contributed by atoms with Gasteiger partial charge in [0.2, 0.25) is 0 Å². The Balaban J connectivity index is 2.73. The molecule has 14 heavy (non-hydrogen) atoms. The van der Waals surface area contributed by atoms with E-state index in [2.05, 4.69) is 9.97 Å². The van der Waals surface area contributed by atoms with E-state index in [9.17, 15) is 8.78 Å². The molecule has 78 valence electrons. The Kier molecular flexibility index (Phi) is 4.00. The number of halogens is 3. The SMILES string of the molecule is CN(CC(F)F)c1cncc(CCl)n1. The van der Waals surface area contributed by atoms with Crippen LogP contribution in [-0.2, 0) is 5.88 Å². The molecule has 0 amide bonds. The Morgan fingerprint density at radius 3 is 2.79 bits per heavy atom. The number of rotatable bonds is 4. The van der Waals surface area contributed by atoms with E-state index in [0.29, 0.717) is 11.5 Å². The summed E-state index contributed by atoms with van der Waals surface area (Å²) in [6.07, 6.45) is 0.548. The van der Waals surface area contributed by atoms with Crippen LogP contribution < -0.4 is 4.90 Å². The van der Waals surface area contributed by atoms with E-state index >= 15 is 0 Å². The summed E-state index contributed by atoms with van der Waals surface area (Å²) in [6, 6.07) is 0. The zero-order valence-electron chi connectivity index (χ0n) is 7.62. The van der Waals surface area contributed by atoms with Gasteiger partial charge in [-0.2, -0.15) is 0 Å². The van der Waals surface area contributed by atoms with Gasteiger partial charge in [0, 0.05) is 13.2 Å². The molecule has 6 heteroatoms. The first kappa shape index (κ1) is 11.1. The van der Waals surface area contributed by atoms with Crippen LogP contribution in [0.15, 0.2) is 12.4 Å². The summed E-state index contributed by atoms with van der Waals surface area (Å²) < 4.78 is 24.1. The van der Waals surface area contributed by atoms with Crippen LogP contribution in [0.2, 0.25) is 0 Å². The highest BCUT2D eigenvalue weighted by Gasteiger charge is 2.10. The standard InChI is InChI=1S/C8H10ClF2N3/c1-14(5-7(10)11)8-4-12-3-6(2-9)13-8/h3-4,7H,2,5H2,1H3. The van der Waals surface area contributed by atoms with Crippen molar-refractivity contribution in [1.82, 2.24) is 9.97 Å². The van der Waals surface area contributed by atoms with Crippen molar-refractivity contribution in [3.63, 3.8) is 0 Å². The molecule has 0 saturated heterocycles. The quantitative estimate of drug-likeness (QED) is 0.728. The Morgan fingerprint density at radius 2 is 2.21 bits per heavy atom. The van der Waals surface area contributed by atoms with Gasteiger partial charge in [0.25, 0.3) is 6.43 Å². The van der Waals surface area contributed by atoms with E-state index in [-0.39, 0.29) is 12.4 Å². The van der Waals surface area contributed by atoms with Crippen molar-refractivity contribution in [1.29, 1.82) is 0 Å². The molecule has 0 spiro atoms.